The lowest BCUT2D eigenvalue weighted by Gasteiger charge is -2.27. The third kappa shape index (κ3) is 4.84. The summed E-state index contributed by atoms with van der Waals surface area (Å²) in [5, 5.41) is 2.83. The van der Waals surface area contributed by atoms with Crippen LogP contribution in [0.3, 0.4) is 0 Å². The maximum absolute atomic E-state index is 12.3. The molecule has 5 nitrogen and oxygen atoms in total. The molecule has 1 rings (SSSR count). The maximum atomic E-state index is 12.3. The fourth-order valence-electron chi connectivity index (χ4n) is 2.00. The summed E-state index contributed by atoms with van der Waals surface area (Å²) in [7, 11) is -3.25. The van der Waals surface area contributed by atoms with Gasteiger partial charge in [0.1, 0.15) is 0 Å². The van der Waals surface area contributed by atoms with Gasteiger partial charge in [-0.25, -0.2) is 13.1 Å². The van der Waals surface area contributed by atoms with Crippen molar-refractivity contribution in [2.24, 2.45) is 5.92 Å². The first-order chi connectivity index (χ1) is 8.47. The minimum atomic E-state index is -3.25. The Morgan fingerprint density at radius 2 is 2.17 bits per heavy atom. The van der Waals surface area contributed by atoms with Crippen LogP contribution < -0.4 is 10.0 Å². The Bertz CT molecular complexity index is 324. The Hall–Kier alpha value is -0.170. The second-order valence-electron chi connectivity index (χ2n) is 5.14. The zero-order chi connectivity index (χ0) is 13.6. The molecule has 2 N–H and O–H groups in total. The minimum absolute atomic E-state index is 0.142. The molecule has 0 aromatic rings. The molecule has 1 fully saturated rings. The van der Waals surface area contributed by atoms with Gasteiger partial charge in [0.2, 0.25) is 10.0 Å². The van der Waals surface area contributed by atoms with Crippen molar-refractivity contribution >= 4 is 10.0 Å². The van der Waals surface area contributed by atoms with Crippen molar-refractivity contribution in [2.75, 3.05) is 26.3 Å². The van der Waals surface area contributed by atoms with Crippen LogP contribution in [0.4, 0.5) is 0 Å². The monoisotopic (exact) mass is 278 g/mol. The second-order valence-corrected chi connectivity index (χ2v) is 7.13. The molecule has 1 heterocycles. The topological polar surface area (TPSA) is 67.4 Å². The Labute approximate surface area is 111 Å². The van der Waals surface area contributed by atoms with Gasteiger partial charge >= 0.3 is 0 Å². The van der Waals surface area contributed by atoms with E-state index in [0.717, 1.165) is 19.4 Å². The summed E-state index contributed by atoms with van der Waals surface area (Å²) < 4.78 is 32.7. The van der Waals surface area contributed by atoms with Gasteiger partial charge in [0, 0.05) is 19.2 Å². The van der Waals surface area contributed by atoms with Gasteiger partial charge < -0.3 is 10.1 Å². The summed E-state index contributed by atoms with van der Waals surface area (Å²) in [5.74, 6) is 0.225. The van der Waals surface area contributed by atoms with Crippen molar-refractivity contribution in [1.29, 1.82) is 0 Å². The van der Waals surface area contributed by atoms with Crippen molar-refractivity contribution in [3.63, 3.8) is 0 Å². The number of hydrogen-bond acceptors (Lipinski definition) is 4. The molecule has 2 unspecified atom stereocenters. The van der Waals surface area contributed by atoms with Gasteiger partial charge in [0.25, 0.3) is 0 Å². The number of rotatable bonds is 7. The predicted octanol–water partition coefficient (Wildman–Crippen LogP) is 0.719. The molecular formula is C12H26N2O3S. The van der Waals surface area contributed by atoms with Crippen LogP contribution in [0.1, 0.15) is 33.6 Å². The highest BCUT2D eigenvalue weighted by Crippen LogP contribution is 2.13. The van der Waals surface area contributed by atoms with Crippen LogP contribution in [0.25, 0.3) is 0 Å². The first kappa shape index (κ1) is 15.9. The third-order valence-electron chi connectivity index (χ3n) is 3.31. The molecule has 0 spiro atoms. The molecule has 2 atom stereocenters. The molecule has 6 heteroatoms. The molecule has 0 amide bonds. The van der Waals surface area contributed by atoms with E-state index >= 15 is 0 Å². The van der Waals surface area contributed by atoms with Crippen LogP contribution in [-0.4, -0.2) is 46.0 Å². The lowest BCUT2D eigenvalue weighted by Crippen LogP contribution is -2.50. The van der Waals surface area contributed by atoms with Crippen molar-refractivity contribution < 1.29 is 13.2 Å². The van der Waals surface area contributed by atoms with E-state index in [0.29, 0.717) is 19.8 Å². The van der Waals surface area contributed by atoms with E-state index in [1.165, 1.54) is 0 Å². The number of piperidine rings is 1. The van der Waals surface area contributed by atoms with Gasteiger partial charge in [-0.15, -0.1) is 0 Å². The molecule has 0 aromatic carbocycles. The number of nitrogens with one attached hydrogen (secondary N) is 2. The standard InChI is InChI=1S/C12H26N2O3S/c1-4-17-9-12(10(2)3)14-18(15,16)11-6-5-7-13-8-11/h10-14H,4-9H2,1-3H3. The molecule has 0 radical (unpaired) electrons. The molecule has 0 aromatic heterocycles. The Balaban J connectivity index is 2.59. The summed E-state index contributed by atoms with van der Waals surface area (Å²) in [6.07, 6.45) is 1.66. The molecule has 0 saturated carbocycles. The van der Waals surface area contributed by atoms with Crippen LogP contribution in [0.2, 0.25) is 0 Å². The van der Waals surface area contributed by atoms with Crippen LogP contribution in [0.5, 0.6) is 0 Å². The van der Waals surface area contributed by atoms with Gasteiger partial charge in [-0.3, -0.25) is 0 Å². The highest BCUT2D eigenvalue weighted by atomic mass is 32.2. The van der Waals surface area contributed by atoms with Gasteiger partial charge in [-0.05, 0) is 32.2 Å². The molecule has 1 saturated heterocycles. The maximum Gasteiger partial charge on any atom is 0.216 e. The molecule has 1 aliphatic rings. The van der Waals surface area contributed by atoms with Crippen LogP contribution in [-0.2, 0) is 14.8 Å². The lowest BCUT2D eigenvalue weighted by molar-refractivity contribution is 0.116. The predicted molar refractivity (Wildman–Crippen MR) is 73.1 cm³/mol. The van der Waals surface area contributed by atoms with E-state index in [2.05, 4.69) is 10.0 Å². The van der Waals surface area contributed by atoms with Crippen molar-refractivity contribution in [3.8, 4) is 0 Å². The summed E-state index contributed by atoms with van der Waals surface area (Å²) in [6, 6.07) is -0.142. The first-order valence-electron chi connectivity index (χ1n) is 6.77. The Morgan fingerprint density at radius 1 is 1.44 bits per heavy atom. The fourth-order valence-corrected chi connectivity index (χ4v) is 3.77. The second kappa shape index (κ2) is 7.43. The SMILES string of the molecule is CCOCC(NS(=O)(=O)C1CCCNC1)C(C)C. The average Bonchev–Trinajstić information content (AvgIpc) is 2.35. The van der Waals surface area contributed by atoms with E-state index in [4.69, 9.17) is 4.74 Å². The van der Waals surface area contributed by atoms with E-state index < -0.39 is 10.0 Å². The van der Waals surface area contributed by atoms with Crippen molar-refractivity contribution in [1.82, 2.24) is 10.0 Å². The third-order valence-corrected chi connectivity index (χ3v) is 5.22. The Morgan fingerprint density at radius 3 is 2.67 bits per heavy atom. The molecule has 108 valence electrons. The normalized spacial score (nSPS) is 23.2. The minimum Gasteiger partial charge on any atom is -0.380 e. The first-order valence-corrected chi connectivity index (χ1v) is 8.31. The van der Waals surface area contributed by atoms with E-state index in [9.17, 15) is 8.42 Å². The van der Waals surface area contributed by atoms with Gasteiger partial charge in [-0.1, -0.05) is 13.8 Å². The summed E-state index contributed by atoms with van der Waals surface area (Å²) in [5.41, 5.74) is 0. The number of sulfonamides is 1. The van der Waals surface area contributed by atoms with Crippen LogP contribution in [0, 0.1) is 5.92 Å². The van der Waals surface area contributed by atoms with E-state index in [1.807, 2.05) is 20.8 Å². The van der Waals surface area contributed by atoms with Crippen LogP contribution in [0.15, 0.2) is 0 Å². The number of hydrogen-bond donors (Lipinski definition) is 2. The zero-order valence-corrected chi connectivity index (χ0v) is 12.4. The Kier molecular flexibility index (Phi) is 6.55. The van der Waals surface area contributed by atoms with Crippen molar-refractivity contribution in [3.05, 3.63) is 0 Å². The highest BCUT2D eigenvalue weighted by Gasteiger charge is 2.30. The number of ether oxygens (including phenoxy) is 1. The summed E-state index contributed by atoms with van der Waals surface area (Å²) in [6.45, 7) is 8.43. The molecule has 1 aliphatic heterocycles. The molecular weight excluding hydrogens is 252 g/mol. The average molecular weight is 278 g/mol. The quantitative estimate of drug-likeness (QED) is 0.720. The highest BCUT2D eigenvalue weighted by molar-refractivity contribution is 7.90. The molecule has 0 bridgehead atoms. The summed E-state index contributed by atoms with van der Waals surface area (Å²) >= 11 is 0. The van der Waals surface area contributed by atoms with Crippen molar-refractivity contribution in [2.45, 2.75) is 44.9 Å². The fraction of sp³-hybridized carbons (Fsp3) is 1.00. The largest absolute Gasteiger partial charge is 0.380 e. The van der Waals surface area contributed by atoms with E-state index in [1.54, 1.807) is 0 Å². The van der Waals surface area contributed by atoms with Gasteiger partial charge in [-0.2, -0.15) is 0 Å². The summed E-state index contributed by atoms with van der Waals surface area (Å²) in [4.78, 5) is 0. The lowest BCUT2D eigenvalue weighted by atomic mass is 10.1. The molecule has 18 heavy (non-hydrogen) atoms. The van der Waals surface area contributed by atoms with Gasteiger partial charge in [0.15, 0.2) is 0 Å². The smallest absolute Gasteiger partial charge is 0.216 e. The van der Waals surface area contributed by atoms with E-state index in [-0.39, 0.29) is 17.2 Å². The van der Waals surface area contributed by atoms with Crippen LogP contribution >= 0.6 is 0 Å². The molecule has 0 aliphatic carbocycles. The van der Waals surface area contributed by atoms with Gasteiger partial charge in [0.05, 0.1) is 11.9 Å². The zero-order valence-electron chi connectivity index (χ0n) is 11.6.